The average molecular weight is 398 g/mol. The second-order valence-electron chi connectivity index (χ2n) is 2.00. The van der Waals surface area contributed by atoms with Gasteiger partial charge in [0.2, 0.25) is 0 Å². The molecule has 0 fully saturated rings. The Hall–Kier alpha value is -0.675. The van der Waals surface area contributed by atoms with Crippen molar-refractivity contribution in [1.82, 2.24) is 0 Å². The smallest absolute Gasteiger partial charge is 0.418 e. The Labute approximate surface area is 111 Å². The molecule has 144 valence electrons. The summed E-state index contributed by atoms with van der Waals surface area (Å²) >= 11 is 0. The zero-order valence-corrected chi connectivity index (χ0v) is 10.2. The molecule has 0 atom stereocenters. The Kier molecular flexibility index (Phi) is 23.8. The van der Waals surface area contributed by atoms with Crippen LogP contribution in [0.5, 0.6) is 0 Å². The summed E-state index contributed by atoms with van der Waals surface area (Å²) in [6, 6.07) is 0. The van der Waals surface area contributed by atoms with E-state index in [1.54, 1.807) is 0 Å². The van der Waals surface area contributed by atoms with Crippen molar-refractivity contribution >= 4 is 29.6 Å². The standard InChI is InChI=1S/3BF4.2FH.H3O4P/c3*2-1(3,4)5;;;1-5(2,3)4/h;;;2*1H;(H3,1,2,3,4)/q3*-1;;;. The molecule has 0 amide bonds. The van der Waals surface area contributed by atoms with Crippen LogP contribution in [0.2, 0.25) is 0 Å². The van der Waals surface area contributed by atoms with Gasteiger partial charge in [0.25, 0.3) is 0 Å². The molecule has 0 aliphatic heterocycles. The Morgan fingerprint density at radius 1 is 0.500 bits per heavy atom. The van der Waals surface area contributed by atoms with Gasteiger partial charge in [-0.05, 0) is 0 Å². The van der Waals surface area contributed by atoms with Crippen molar-refractivity contribution < 1.29 is 80.4 Å². The molecule has 0 aromatic carbocycles. The third kappa shape index (κ3) is 14200. The topological polar surface area (TPSA) is 77.8 Å². The van der Waals surface area contributed by atoms with Gasteiger partial charge >= 0.3 is 29.6 Å². The summed E-state index contributed by atoms with van der Waals surface area (Å²) < 4.78 is 126. The highest BCUT2D eigenvalue weighted by Gasteiger charge is 2.21. The third-order valence-corrected chi connectivity index (χ3v) is 0. The van der Waals surface area contributed by atoms with E-state index >= 15 is 0 Å². The molecule has 0 aromatic heterocycles. The SMILES string of the molecule is F.F.F[B-](F)(F)F.F[B-](F)(F)F.F[B-](F)(F)F.O=P(O)(O)O. The molecule has 0 heterocycles. The summed E-state index contributed by atoms with van der Waals surface area (Å²) in [6.45, 7) is 0. The second kappa shape index (κ2) is 14.0. The number of rotatable bonds is 0. The number of hydrogen-bond donors (Lipinski definition) is 3. The largest absolute Gasteiger partial charge is 0.673 e. The first-order valence-electron chi connectivity index (χ1n) is 3.40. The Morgan fingerprint density at radius 2 is 0.500 bits per heavy atom. The normalized spacial score (nSPS) is 10.9. The highest BCUT2D eigenvalue weighted by atomic mass is 31.2. The molecule has 0 bridgehead atoms. The van der Waals surface area contributed by atoms with Crippen LogP contribution in [0, 0.1) is 0 Å². The van der Waals surface area contributed by atoms with Crippen LogP contribution in [0.4, 0.5) is 61.2 Å². The predicted molar refractivity (Wildman–Crippen MR) is 49.8 cm³/mol. The van der Waals surface area contributed by atoms with Gasteiger partial charge in [-0.2, -0.15) is 0 Å². The van der Waals surface area contributed by atoms with Crippen molar-refractivity contribution in [2.45, 2.75) is 0 Å². The van der Waals surface area contributed by atoms with E-state index in [9.17, 15) is 51.8 Å². The monoisotopic (exact) mass is 399 g/mol. The summed E-state index contributed by atoms with van der Waals surface area (Å²) in [4.78, 5) is 21.6. The van der Waals surface area contributed by atoms with Gasteiger partial charge in [-0.25, -0.2) is 4.57 Å². The minimum absolute atomic E-state index is 0. The number of phosphoric acid groups is 1. The fourth-order valence-corrected chi connectivity index (χ4v) is 0. The van der Waals surface area contributed by atoms with Crippen LogP contribution in [0.3, 0.4) is 0 Å². The lowest BCUT2D eigenvalue weighted by Crippen LogP contribution is -2.02. The van der Waals surface area contributed by atoms with Gasteiger partial charge < -0.3 is 66.5 Å². The molecule has 0 radical (unpaired) electrons. The highest BCUT2D eigenvalue weighted by Crippen LogP contribution is 2.25. The highest BCUT2D eigenvalue weighted by molar-refractivity contribution is 7.45. The molecule has 4 nitrogen and oxygen atoms in total. The van der Waals surface area contributed by atoms with E-state index in [0.717, 1.165) is 0 Å². The minimum Gasteiger partial charge on any atom is -0.418 e. The lowest BCUT2D eigenvalue weighted by Gasteiger charge is -1.94. The van der Waals surface area contributed by atoms with Crippen molar-refractivity contribution in [2.24, 2.45) is 0 Å². The first-order chi connectivity index (χ1) is 8.00. The molecule has 22 heteroatoms. The van der Waals surface area contributed by atoms with E-state index in [1.165, 1.54) is 0 Å². The van der Waals surface area contributed by atoms with Crippen LogP contribution in [0.1, 0.15) is 0 Å². The molecule has 0 saturated carbocycles. The molecule has 0 saturated heterocycles. The van der Waals surface area contributed by atoms with Gasteiger partial charge in [0.15, 0.2) is 0 Å². The van der Waals surface area contributed by atoms with Crippen LogP contribution in [-0.2, 0) is 4.57 Å². The summed E-state index contributed by atoms with van der Waals surface area (Å²) in [6.07, 6.45) is 0. The summed E-state index contributed by atoms with van der Waals surface area (Å²) in [5.74, 6) is 0. The van der Waals surface area contributed by atoms with Crippen molar-refractivity contribution in [2.75, 3.05) is 0 Å². The van der Waals surface area contributed by atoms with Gasteiger partial charge in [0.1, 0.15) is 0 Å². The van der Waals surface area contributed by atoms with Crippen molar-refractivity contribution in [3.8, 4) is 0 Å². The van der Waals surface area contributed by atoms with Gasteiger partial charge in [-0.3, -0.25) is 9.41 Å². The fourth-order valence-electron chi connectivity index (χ4n) is 0. The van der Waals surface area contributed by atoms with Crippen molar-refractivity contribution in [3.05, 3.63) is 0 Å². The fraction of sp³-hybridized carbons (Fsp3) is 0. The molecule has 0 rings (SSSR count). The van der Waals surface area contributed by atoms with E-state index in [4.69, 9.17) is 19.2 Å². The van der Waals surface area contributed by atoms with Crippen LogP contribution >= 0.6 is 7.82 Å². The average Bonchev–Trinajstić information content (AvgIpc) is 1.62. The van der Waals surface area contributed by atoms with Crippen molar-refractivity contribution in [1.29, 1.82) is 0 Å². The Bertz CT molecular complexity index is 206. The molecule has 22 heavy (non-hydrogen) atoms. The van der Waals surface area contributed by atoms with E-state index in [0.29, 0.717) is 0 Å². The van der Waals surface area contributed by atoms with Gasteiger partial charge in [-0.1, -0.05) is 0 Å². The van der Waals surface area contributed by atoms with Gasteiger partial charge in [0, 0.05) is 0 Å². The lowest BCUT2D eigenvalue weighted by atomic mass is 10.3. The third-order valence-electron chi connectivity index (χ3n) is 0. The van der Waals surface area contributed by atoms with Gasteiger partial charge in [-0.15, -0.1) is 0 Å². The van der Waals surface area contributed by atoms with Crippen LogP contribution < -0.4 is 0 Å². The Morgan fingerprint density at radius 3 is 0.500 bits per heavy atom. The molecule has 0 aromatic rings. The Balaban J connectivity index is -0.0000000376. The van der Waals surface area contributed by atoms with Crippen LogP contribution in [-0.4, -0.2) is 36.4 Å². The van der Waals surface area contributed by atoms with E-state index < -0.39 is 29.6 Å². The molecule has 0 unspecified atom stereocenters. The zero-order valence-electron chi connectivity index (χ0n) is 9.28. The summed E-state index contributed by atoms with van der Waals surface area (Å²) in [7, 11) is -22.6. The predicted octanol–water partition coefficient (Wildman–Crippen LogP) is 3.28. The zero-order chi connectivity index (χ0) is 18.0. The molecule has 0 aliphatic rings. The summed E-state index contributed by atoms with van der Waals surface area (Å²) in [5.41, 5.74) is 0. The minimum atomic E-state index is -6.00. The molecule has 0 aliphatic carbocycles. The molecule has 3 N–H and O–H groups in total. The maximum absolute atomic E-state index is 9.75. The molecular formula is H5B3F14O4P-3. The van der Waals surface area contributed by atoms with Gasteiger partial charge in [0.05, 0.1) is 0 Å². The summed E-state index contributed by atoms with van der Waals surface area (Å²) in [5, 5.41) is 0. The van der Waals surface area contributed by atoms with E-state index in [1.807, 2.05) is 0 Å². The van der Waals surface area contributed by atoms with E-state index in [-0.39, 0.29) is 9.41 Å². The first kappa shape index (κ1) is 37.5. The second-order valence-corrected chi connectivity index (χ2v) is 3.02. The molecule has 0 spiro atoms. The molecular weight excluding hydrogens is 393 g/mol. The maximum atomic E-state index is 9.75. The number of halogens is 14. The van der Waals surface area contributed by atoms with Crippen LogP contribution in [0.25, 0.3) is 0 Å². The van der Waals surface area contributed by atoms with E-state index in [2.05, 4.69) is 0 Å². The lowest BCUT2D eigenvalue weighted by molar-refractivity contribution is 0.275. The first-order valence-corrected chi connectivity index (χ1v) is 4.97. The van der Waals surface area contributed by atoms with Crippen molar-refractivity contribution in [3.63, 3.8) is 0 Å². The quantitative estimate of drug-likeness (QED) is 0.333. The maximum Gasteiger partial charge on any atom is 0.673 e. The number of hydrogen-bond acceptors (Lipinski definition) is 1. The van der Waals surface area contributed by atoms with Crippen LogP contribution in [0.15, 0.2) is 0 Å².